The van der Waals surface area contributed by atoms with Gasteiger partial charge in [0.2, 0.25) is 0 Å². The zero-order valence-electron chi connectivity index (χ0n) is 13.3. The van der Waals surface area contributed by atoms with Crippen molar-refractivity contribution in [3.63, 3.8) is 0 Å². The molecule has 1 aliphatic heterocycles. The summed E-state index contributed by atoms with van der Waals surface area (Å²) in [6.45, 7) is 13.5. The molecule has 112 valence electrons. The number of rotatable bonds is 6. The molecule has 0 N–H and O–H groups in total. The summed E-state index contributed by atoms with van der Waals surface area (Å²) in [5.41, 5.74) is 3.83. The van der Waals surface area contributed by atoms with Crippen molar-refractivity contribution in [1.29, 1.82) is 0 Å². The van der Waals surface area contributed by atoms with E-state index in [0.717, 1.165) is 19.0 Å². The van der Waals surface area contributed by atoms with Crippen LogP contribution in [0.15, 0.2) is 12.1 Å². The second-order valence-electron chi connectivity index (χ2n) is 6.21. The summed E-state index contributed by atoms with van der Waals surface area (Å²) in [6.07, 6.45) is 0.206. The van der Waals surface area contributed by atoms with Crippen LogP contribution in [-0.2, 0) is 9.47 Å². The van der Waals surface area contributed by atoms with Crippen LogP contribution in [-0.4, -0.2) is 26.4 Å². The van der Waals surface area contributed by atoms with E-state index in [1.54, 1.807) is 0 Å². The Morgan fingerprint density at radius 3 is 2.30 bits per heavy atom. The Hall–Kier alpha value is -1.06. The van der Waals surface area contributed by atoms with Crippen molar-refractivity contribution in [3.8, 4) is 5.75 Å². The summed E-state index contributed by atoms with van der Waals surface area (Å²) in [4.78, 5) is 0. The Labute approximate surface area is 122 Å². The van der Waals surface area contributed by atoms with Crippen molar-refractivity contribution in [1.82, 2.24) is 0 Å². The van der Waals surface area contributed by atoms with Crippen LogP contribution in [0.2, 0.25) is 0 Å². The molecule has 3 heteroatoms. The topological polar surface area (TPSA) is 27.7 Å². The fraction of sp³-hybridized carbons (Fsp3) is 0.647. The quantitative estimate of drug-likeness (QED) is 0.740. The monoisotopic (exact) mass is 278 g/mol. The molecule has 0 bridgehead atoms. The van der Waals surface area contributed by atoms with Gasteiger partial charge in [0.25, 0.3) is 0 Å². The molecule has 0 aromatic heterocycles. The molecule has 1 atom stereocenters. The van der Waals surface area contributed by atoms with Crippen molar-refractivity contribution in [3.05, 3.63) is 28.8 Å². The molecule has 1 aliphatic rings. The second kappa shape index (κ2) is 6.15. The van der Waals surface area contributed by atoms with Crippen LogP contribution in [0.1, 0.15) is 43.6 Å². The van der Waals surface area contributed by atoms with Gasteiger partial charge in [-0.15, -0.1) is 0 Å². The van der Waals surface area contributed by atoms with Gasteiger partial charge in [0, 0.05) is 12.0 Å². The van der Waals surface area contributed by atoms with E-state index in [0.29, 0.717) is 13.2 Å². The van der Waals surface area contributed by atoms with E-state index in [1.807, 2.05) is 6.92 Å². The predicted octanol–water partition coefficient (Wildman–Crippen LogP) is 3.82. The Kier molecular flexibility index (Phi) is 4.71. The maximum Gasteiger partial charge on any atom is 0.125 e. The Balaban J connectivity index is 2.09. The first-order valence-corrected chi connectivity index (χ1v) is 7.39. The molecule has 1 heterocycles. The largest absolute Gasteiger partial charge is 0.491 e. The first-order chi connectivity index (χ1) is 9.45. The molecule has 1 saturated heterocycles. The maximum absolute atomic E-state index is 5.84. The third-order valence-electron chi connectivity index (χ3n) is 3.80. The van der Waals surface area contributed by atoms with Crippen LogP contribution in [0.4, 0.5) is 0 Å². The van der Waals surface area contributed by atoms with Crippen molar-refractivity contribution in [2.24, 2.45) is 5.41 Å². The van der Waals surface area contributed by atoms with Crippen LogP contribution < -0.4 is 4.74 Å². The van der Waals surface area contributed by atoms with Gasteiger partial charge in [0.1, 0.15) is 12.4 Å². The third-order valence-corrected chi connectivity index (χ3v) is 3.80. The summed E-state index contributed by atoms with van der Waals surface area (Å²) in [5, 5.41) is 0. The van der Waals surface area contributed by atoms with Crippen molar-refractivity contribution >= 4 is 0 Å². The molecular formula is C17H26O3. The fourth-order valence-electron chi connectivity index (χ4n) is 2.76. The molecule has 0 radical (unpaired) electrons. The highest BCUT2D eigenvalue weighted by atomic mass is 16.5. The molecule has 1 fully saturated rings. The lowest BCUT2D eigenvalue weighted by atomic mass is 9.78. The van der Waals surface area contributed by atoms with E-state index in [2.05, 4.69) is 39.8 Å². The number of hydrogen-bond donors (Lipinski definition) is 0. The summed E-state index contributed by atoms with van der Waals surface area (Å²) in [5.74, 6) is 0.977. The van der Waals surface area contributed by atoms with Crippen molar-refractivity contribution < 1.29 is 14.2 Å². The van der Waals surface area contributed by atoms with E-state index in [4.69, 9.17) is 14.2 Å². The number of benzene rings is 1. The molecule has 1 aromatic carbocycles. The van der Waals surface area contributed by atoms with Gasteiger partial charge in [-0.1, -0.05) is 13.8 Å². The van der Waals surface area contributed by atoms with Gasteiger partial charge in [-0.25, -0.2) is 0 Å². The minimum atomic E-state index is 0.206. The molecular weight excluding hydrogens is 252 g/mol. The van der Waals surface area contributed by atoms with Crippen LogP contribution >= 0.6 is 0 Å². The van der Waals surface area contributed by atoms with Gasteiger partial charge in [-0.3, -0.25) is 0 Å². The highest BCUT2D eigenvalue weighted by Gasteiger charge is 2.41. The van der Waals surface area contributed by atoms with Gasteiger partial charge >= 0.3 is 0 Å². The second-order valence-corrected chi connectivity index (χ2v) is 6.21. The van der Waals surface area contributed by atoms with E-state index < -0.39 is 0 Å². The zero-order chi connectivity index (χ0) is 14.8. The van der Waals surface area contributed by atoms with Gasteiger partial charge in [0.15, 0.2) is 0 Å². The van der Waals surface area contributed by atoms with Gasteiger partial charge in [-0.2, -0.15) is 0 Å². The fourth-order valence-corrected chi connectivity index (χ4v) is 2.76. The molecule has 0 spiro atoms. The normalized spacial score (nSPS) is 20.6. The first kappa shape index (κ1) is 15.3. The third kappa shape index (κ3) is 3.15. The highest BCUT2D eigenvalue weighted by Crippen LogP contribution is 2.46. The van der Waals surface area contributed by atoms with E-state index in [9.17, 15) is 0 Å². The van der Waals surface area contributed by atoms with E-state index in [-0.39, 0.29) is 11.5 Å². The summed E-state index contributed by atoms with van der Waals surface area (Å²) in [7, 11) is 0. The maximum atomic E-state index is 5.84. The molecule has 1 unspecified atom stereocenters. The summed E-state index contributed by atoms with van der Waals surface area (Å²) in [6, 6.07) is 4.38. The van der Waals surface area contributed by atoms with Crippen LogP contribution in [0.5, 0.6) is 5.75 Å². The standard InChI is InChI=1S/C17H26O3/c1-6-18-7-8-19-15-12(2)9-14(10-13(15)3)16-17(4,5)11-20-16/h9-10,16H,6-8,11H2,1-5H3. The Bertz CT molecular complexity index is 442. The van der Waals surface area contributed by atoms with Gasteiger partial charge < -0.3 is 14.2 Å². The minimum absolute atomic E-state index is 0.206. The number of aryl methyl sites for hydroxylation is 2. The molecule has 0 aliphatic carbocycles. The average Bonchev–Trinajstić information content (AvgIpc) is 2.36. The highest BCUT2D eigenvalue weighted by molar-refractivity contribution is 5.44. The SMILES string of the molecule is CCOCCOc1c(C)cc(C2OCC2(C)C)cc1C. The smallest absolute Gasteiger partial charge is 0.125 e. The van der Waals surface area contributed by atoms with Crippen LogP contribution in [0.25, 0.3) is 0 Å². The molecule has 1 aromatic rings. The van der Waals surface area contributed by atoms with Crippen molar-refractivity contribution in [2.45, 2.75) is 40.7 Å². The summed E-state index contributed by atoms with van der Waals surface area (Å²) < 4.78 is 16.9. The number of ether oxygens (including phenoxy) is 3. The van der Waals surface area contributed by atoms with Crippen molar-refractivity contribution in [2.75, 3.05) is 26.4 Å². The number of hydrogen-bond acceptors (Lipinski definition) is 3. The first-order valence-electron chi connectivity index (χ1n) is 7.39. The lowest BCUT2D eigenvalue weighted by Gasteiger charge is -2.44. The van der Waals surface area contributed by atoms with Gasteiger partial charge in [-0.05, 0) is 49.6 Å². The molecule has 3 nitrogen and oxygen atoms in total. The zero-order valence-corrected chi connectivity index (χ0v) is 13.3. The lowest BCUT2D eigenvalue weighted by Crippen LogP contribution is -2.40. The Morgan fingerprint density at radius 1 is 1.20 bits per heavy atom. The Morgan fingerprint density at radius 2 is 1.85 bits per heavy atom. The van der Waals surface area contributed by atoms with E-state index in [1.165, 1.54) is 16.7 Å². The molecule has 20 heavy (non-hydrogen) atoms. The lowest BCUT2D eigenvalue weighted by molar-refractivity contribution is -0.172. The average molecular weight is 278 g/mol. The van der Waals surface area contributed by atoms with E-state index >= 15 is 0 Å². The van der Waals surface area contributed by atoms with Gasteiger partial charge in [0.05, 0.1) is 19.3 Å². The minimum Gasteiger partial charge on any atom is -0.491 e. The summed E-state index contributed by atoms with van der Waals surface area (Å²) >= 11 is 0. The molecule has 0 amide bonds. The van der Waals surface area contributed by atoms with Crippen LogP contribution in [0, 0.1) is 19.3 Å². The van der Waals surface area contributed by atoms with Crippen LogP contribution in [0.3, 0.4) is 0 Å². The predicted molar refractivity (Wildman–Crippen MR) is 80.4 cm³/mol. The molecule has 2 rings (SSSR count). The molecule has 0 saturated carbocycles.